The van der Waals surface area contributed by atoms with Gasteiger partial charge in [0.1, 0.15) is 11.5 Å². The number of halogens is 1. The molecule has 24 heavy (non-hydrogen) atoms. The van der Waals surface area contributed by atoms with E-state index in [1.165, 1.54) is 12.1 Å². The predicted molar refractivity (Wildman–Crippen MR) is 92.4 cm³/mol. The highest BCUT2D eigenvalue weighted by atomic mass is 19.1. The molecule has 0 aliphatic rings. The number of para-hydroxylation sites is 1. The molecule has 1 heterocycles. The van der Waals surface area contributed by atoms with E-state index in [-0.39, 0.29) is 11.4 Å². The van der Waals surface area contributed by atoms with Crippen molar-refractivity contribution in [2.45, 2.75) is 6.54 Å². The van der Waals surface area contributed by atoms with E-state index in [1.807, 2.05) is 30.3 Å². The number of carbonyl (C=O) groups is 1. The first-order valence-corrected chi connectivity index (χ1v) is 7.52. The molecule has 0 aliphatic carbocycles. The summed E-state index contributed by atoms with van der Waals surface area (Å²) in [6.45, 7) is 0.638. The number of benzene rings is 2. The van der Waals surface area contributed by atoms with Crippen molar-refractivity contribution in [3.8, 4) is 0 Å². The van der Waals surface area contributed by atoms with Crippen molar-refractivity contribution in [1.29, 1.82) is 0 Å². The van der Waals surface area contributed by atoms with Crippen molar-refractivity contribution in [2.24, 2.45) is 0 Å². The molecule has 0 saturated carbocycles. The molecule has 4 nitrogen and oxygen atoms in total. The molecule has 1 amide bonds. The number of anilines is 2. The molecule has 0 bridgehead atoms. The van der Waals surface area contributed by atoms with Crippen LogP contribution in [0.3, 0.4) is 0 Å². The van der Waals surface area contributed by atoms with Crippen LogP contribution in [0.15, 0.2) is 72.9 Å². The van der Waals surface area contributed by atoms with Crippen LogP contribution in [0.25, 0.3) is 0 Å². The Morgan fingerprint density at radius 1 is 1.00 bits per heavy atom. The minimum atomic E-state index is -0.482. The molecule has 120 valence electrons. The van der Waals surface area contributed by atoms with Gasteiger partial charge in [-0.3, -0.25) is 9.78 Å². The monoisotopic (exact) mass is 321 g/mol. The third kappa shape index (κ3) is 3.95. The predicted octanol–water partition coefficient (Wildman–Crippen LogP) is 4.09. The molecule has 5 heteroatoms. The Labute approximate surface area is 139 Å². The van der Waals surface area contributed by atoms with Crippen LogP contribution < -0.4 is 10.6 Å². The molecule has 0 spiro atoms. The Balaban J connectivity index is 1.68. The van der Waals surface area contributed by atoms with Crippen molar-refractivity contribution in [2.75, 3.05) is 10.6 Å². The summed E-state index contributed by atoms with van der Waals surface area (Å²) in [7, 11) is 0. The number of rotatable bonds is 5. The van der Waals surface area contributed by atoms with Gasteiger partial charge >= 0.3 is 0 Å². The molecule has 3 aromatic rings. The summed E-state index contributed by atoms with van der Waals surface area (Å²) >= 11 is 0. The topological polar surface area (TPSA) is 54.0 Å². The Morgan fingerprint density at radius 3 is 2.54 bits per heavy atom. The van der Waals surface area contributed by atoms with E-state index in [9.17, 15) is 9.18 Å². The van der Waals surface area contributed by atoms with Gasteiger partial charge in [0.2, 0.25) is 0 Å². The lowest BCUT2D eigenvalue weighted by Gasteiger charge is -2.09. The van der Waals surface area contributed by atoms with E-state index >= 15 is 0 Å². The first-order valence-electron chi connectivity index (χ1n) is 7.52. The van der Waals surface area contributed by atoms with Gasteiger partial charge in [-0.25, -0.2) is 4.39 Å². The van der Waals surface area contributed by atoms with Gasteiger partial charge < -0.3 is 10.6 Å². The zero-order valence-corrected chi connectivity index (χ0v) is 12.9. The van der Waals surface area contributed by atoms with Gasteiger partial charge in [0.05, 0.1) is 5.69 Å². The summed E-state index contributed by atoms with van der Waals surface area (Å²) in [4.78, 5) is 16.3. The van der Waals surface area contributed by atoms with Gasteiger partial charge in [-0.05, 0) is 29.8 Å². The molecule has 1 aromatic heterocycles. The Hall–Kier alpha value is -3.21. The zero-order valence-electron chi connectivity index (χ0n) is 12.9. The second-order valence-electron chi connectivity index (χ2n) is 5.20. The normalized spacial score (nSPS) is 10.2. The lowest BCUT2D eigenvalue weighted by Crippen LogP contribution is -2.15. The summed E-state index contributed by atoms with van der Waals surface area (Å²) in [5.41, 5.74) is 2.25. The minimum Gasteiger partial charge on any atom is -0.381 e. The summed E-state index contributed by atoms with van der Waals surface area (Å²) in [6, 6.07) is 19.4. The van der Waals surface area contributed by atoms with Gasteiger partial charge in [0, 0.05) is 18.4 Å². The SMILES string of the molecule is O=C(Nc1ccccc1F)c1cc(NCc2ccccc2)ccn1. The number of aromatic nitrogens is 1. The quantitative estimate of drug-likeness (QED) is 0.744. The van der Waals surface area contributed by atoms with Crippen LogP contribution in [0.1, 0.15) is 16.1 Å². The Kier molecular flexibility index (Phi) is 4.81. The smallest absolute Gasteiger partial charge is 0.274 e. The van der Waals surface area contributed by atoms with E-state index in [4.69, 9.17) is 0 Å². The largest absolute Gasteiger partial charge is 0.381 e. The molecule has 0 fully saturated rings. The lowest BCUT2D eigenvalue weighted by atomic mass is 10.2. The van der Waals surface area contributed by atoms with E-state index in [0.717, 1.165) is 11.3 Å². The highest BCUT2D eigenvalue weighted by molar-refractivity contribution is 6.03. The van der Waals surface area contributed by atoms with Crippen molar-refractivity contribution >= 4 is 17.3 Å². The van der Waals surface area contributed by atoms with Gasteiger partial charge in [-0.1, -0.05) is 42.5 Å². The van der Waals surface area contributed by atoms with Crippen LogP contribution in [-0.2, 0) is 6.54 Å². The fraction of sp³-hybridized carbons (Fsp3) is 0.0526. The van der Waals surface area contributed by atoms with Gasteiger partial charge in [0.25, 0.3) is 5.91 Å². The fourth-order valence-corrected chi connectivity index (χ4v) is 2.21. The molecule has 2 N–H and O–H groups in total. The summed E-state index contributed by atoms with van der Waals surface area (Å²) in [5.74, 6) is -0.937. The number of carbonyl (C=O) groups excluding carboxylic acids is 1. The first kappa shape index (κ1) is 15.7. The standard InChI is InChI=1S/C19H16FN3O/c20-16-8-4-5-9-17(16)23-19(24)18-12-15(10-11-21-18)22-13-14-6-2-1-3-7-14/h1-12H,13H2,(H,21,22)(H,23,24). The van der Waals surface area contributed by atoms with E-state index in [0.29, 0.717) is 6.54 Å². The van der Waals surface area contributed by atoms with Crippen molar-refractivity contribution < 1.29 is 9.18 Å². The van der Waals surface area contributed by atoms with Crippen LogP contribution in [0.5, 0.6) is 0 Å². The third-order valence-electron chi connectivity index (χ3n) is 3.45. The average Bonchev–Trinajstić information content (AvgIpc) is 2.63. The van der Waals surface area contributed by atoms with E-state index in [1.54, 1.807) is 30.5 Å². The number of hydrogen-bond acceptors (Lipinski definition) is 3. The molecular formula is C19H16FN3O. The van der Waals surface area contributed by atoms with Gasteiger partial charge in [0.15, 0.2) is 0 Å². The van der Waals surface area contributed by atoms with Crippen molar-refractivity contribution in [3.05, 3.63) is 90.0 Å². The van der Waals surface area contributed by atoms with Gasteiger partial charge in [-0.15, -0.1) is 0 Å². The van der Waals surface area contributed by atoms with E-state index < -0.39 is 11.7 Å². The van der Waals surface area contributed by atoms with Crippen LogP contribution >= 0.6 is 0 Å². The van der Waals surface area contributed by atoms with Crippen LogP contribution in [0.2, 0.25) is 0 Å². The second kappa shape index (κ2) is 7.37. The highest BCUT2D eigenvalue weighted by Crippen LogP contribution is 2.15. The molecule has 0 radical (unpaired) electrons. The van der Waals surface area contributed by atoms with Crippen LogP contribution in [0.4, 0.5) is 15.8 Å². The average molecular weight is 321 g/mol. The van der Waals surface area contributed by atoms with Crippen molar-refractivity contribution in [3.63, 3.8) is 0 Å². The summed E-state index contributed by atoms with van der Waals surface area (Å²) < 4.78 is 13.6. The summed E-state index contributed by atoms with van der Waals surface area (Å²) in [5, 5.41) is 5.76. The van der Waals surface area contributed by atoms with Gasteiger partial charge in [-0.2, -0.15) is 0 Å². The number of amides is 1. The number of hydrogen-bond donors (Lipinski definition) is 2. The van der Waals surface area contributed by atoms with Crippen molar-refractivity contribution in [1.82, 2.24) is 4.98 Å². The second-order valence-corrected chi connectivity index (χ2v) is 5.20. The molecule has 0 aliphatic heterocycles. The zero-order chi connectivity index (χ0) is 16.8. The van der Waals surface area contributed by atoms with E-state index in [2.05, 4.69) is 15.6 Å². The number of nitrogens with zero attached hydrogens (tertiary/aromatic N) is 1. The fourth-order valence-electron chi connectivity index (χ4n) is 2.21. The molecule has 2 aromatic carbocycles. The van der Waals surface area contributed by atoms with Crippen LogP contribution in [-0.4, -0.2) is 10.9 Å². The molecule has 0 atom stereocenters. The minimum absolute atomic E-state index is 0.131. The number of nitrogens with one attached hydrogen (secondary N) is 2. The molecular weight excluding hydrogens is 305 g/mol. The van der Waals surface area contributed by atoms with Crippen LogP contribution in [0, 0.1) is 5.82 Å². The first-order chi connectivity index (χ1) is 11.7. The Bertz CT molecular complexity index is 837. The Morgan fingerprint density at radius 2 is 1.75 bits per heavy atom. The maximum atomic E-state index is 13.6. The number of pyridine rings is 1. The molecule has 3 rings (SSSR count). The maximum Gasteiger partial charge on any atom is 0.274 e. The highest BCUT2D eigenvalue weighted by Gasteiger charge is 2.10. The maximum absolute atomic E-state index is 13.6. The molecule has 0 unspecified atom stereocenters. The lowest BCUT2D eigenvalue weighted by molar-refractivity contribution is 0.102. The summed E-state index contributed by atoms with van der Waals surface area (Å²) in [6.07, 6.45) is 1.55. The molecule has 0 saturated heterocycles. The third-order valence-corrected chi connectivity index (χ3v) is 3.45.